The predicted octanol–water partition coefficient (Wildman–Crippen LogP) is -0.127. The average molecular weight is 193 g/mol. The van der Waals surface area contributed by atoms with Crippen LogP contribution in [0.2, 0.25) is 0 Å². The van der Waals surface area contributed by atoms with Crippen molar-refractivity contribution < 1.29 is 14.8 Å². The summed E-state index contributed by atoms with van der Waals surface area (Å²) in [6.45, 7) is 4.95. The molecule has 2 N–H and O–H groups in total. The molecule has 1 unspecified atom stereocenters. The summed E-state index contributed by atoms with van der Waals surface area (Å²) in [6, 6.07) is 0. The molecule has 0 fully saturated rings. The third kappa shape index (κ3) is 4.71. The Morgan fingerprint density at radius 2 is 2.08 bits per heavy atom. The van der Waals surface area contributed by atoms with Gasteiger partial charge in [-0.3, -0.25) is 0 Å². The largest absolute Gasteiger partial charge is 0.591 e. The van der Waals surface area contributed by atoms with E-state index in [0.29, 0.717) is 0 Å². The second-order valence-corrected chi connectivity index (χ2v) is 5.30. The summed E-state index contributed by atoms with van der Waals surface area (Å²) in [4.78, 5) is 0. The highest BCUT2D eigenvalue weighted by Crippen LogP contribution is 2.16. The van der Waals surface area contributed by atoms with Gasteiger partial charge in [0, 0.05) is 0 Å². The van der Waals surface area contributed by atoms with E-state index in [1.54, 1.807) is 20.8 Å². The van der Waals surface area contributed by atoms with Crippen molar-refractivity contribution in [1.82, 2.24) is 0 Å². The van der Waals surface area contributed by atoms with E-state index in [9.17, 15) is 4.55 Å². The fourth-order valence-electron chi connectivity index (χ4n) is 0.331. The quantitative estimate of drug-likeness (QED) is 0.484. The van der Waals surface area contributed by atoms with Crippen LogP contribution in [0.1, 0.15) is 20.8 Å². The zero-order valence-corrected chi connectivity index (χ0v) is 8.34. The van der Waals surface area contributed by atoms with Crippen molar-refractivity contribution in [3.05, 3.63) is 0 Å². The van der Waals surface area contributed by atoms with Crippen LogP contribution >= 0.6 is 0 Å². The monoisotopic (exact) mass is 193 g/mol. The molecule has 0 spiro atoms. The molecule has 0 aromatic carbocycles. The van der Waals surface area contributed by atoms with Crippen LogP contribution in [-0.4, -0.2) is 38.4 Å². The maximum absolute atomic E-state index is 11.2. The van der Waals surface area contributed by atoms with Crippen LogP contribution in [0.3, 0.4) is 0 Å². The second-order valence-electron chi connectivity index (χ2n) is 3.37. The molecule has 0 aliphatic rings. The maximum atomic E-state index is 11.2. The van der Waals surface area contributed by atoms with Gasteiger partial charge in [0.1, 0.15) is 22.2 Å². The summed E-state index contributed by atoms with van der Waals surface area (Å²) in [6.07, 6.45) is 0.0813. The van der Waals surface area contributed by atoms with Gasteiger partial charge in [0.15, 0.2) is 0 Å². The Morgan fingerprint density at radius 3 is 2.42 bits per heavy atom. The lowest BCUT2D eigenvalue weighted by molar-refractivity contribution is 0.148. The molecule has 0 radical (unpaired) electrons. The van der Waals surface area contributed by atoms with Crippen LogP contribution in [0.5, 0.6) is 0 Å². The molecule has 4 nitrogen and oxygen atoms in total. The molecule has 2 atom stereocenters. The zero-order chi connectivity index (χ0) is 9.78. The van der Waals surface area contributed by atoms with E-state index in [4.69, 9.17) is 10.2 Å². The molecule has 0 aromatic heterocycles. The summed E-state index contributed by atoms with van der Waals surface area (Å²) in [5.41, 5.74) is 0. The summed E-state index contributed by atoms with van der Waals surface area (Å²) in [7, 11) is 0. The van der Waals surface area contributed by atoms with Gasteiger partial charge in [0.2, 0.25) is 0 Å². The standard InChI is InChI=1S/C7H15NO3S/c1-7(2,3)12(11)8-4-6(10)5-9/h4,6,9-10H,5H2,1-3H3/t6-,12?/m0/s1. The summed E-state index contributed by atoms with van der Waals surface area (Å²) in [5, 5.41) is 17.2. The normalized spacial score (nSPS) is 18.2. The Balaban J connectivity index is 3.99. The van der Waals surface area contributed by atoms with Gasteiger partial charge < -0.3 is 14.8 Å². The number of aliphatic hydroxyl groups is 2. The first-order chi connectivity index (χ1) is 5.38. The van der Waals surface area contributed by atoms with Gasteiger partial charge >= 0.3 is 0 Å². The maximum Gasteiger partial charge on any atom is 0.144 e. The van der Waals surface area contributed by atoms with Gasteiger partial charge in [0.05, 0.1) is 12.8 Å². The molecule has 0 saturated carbocycles. The third-order valence-electron chi connectivity index (χ3n) is 1.04. The Bertz CT molecular complexity index is 155. The van der Waals surface area contributed by atoms with Crippen LogP contribution in [0, 0.1) is 0 Å². The van der Waals surface area contributed by atoms with E-state index in [-0.39, 0.29) is 0 Å². The van der Waals surface area contributed by atoms with Crippen molar-refractivity contribution in [2.75, 3.05) is 6.61 Å². The minimum Gasteiger partial charge on any atom is -0.591 e. The van der Waals surface area contributed by atoms with E-state index >= 15 is 0 Å². The van der Waals surface area contributed by atoms with Crippen molar-refractivity contribution in [3.8, 4) is 0 Å². The van der Waals surface area contributed by atoms with Crippen LogP contribution in [0.15, 0.2) is 4.40 Å². The molecule has 72 valence electrons. The summed E-state index contributed by atoms with van der Waals surface area (Å²) in [5.74, 6) is 0. The fraction of sp³-hybridized carbons (Fsp3) is 0.857. The number of hydrogen-bond acceptors (Lipinski definition) is 4. The molecule has 0 bridgehead atoms. The van der Waals surface area contributed by atoms with Gasteiger partial charge in [-0.1, -0.05) is 4.40 Å². The van der Waals surface area contributed by atoms with Gasteiger partial charge in [-0.2, -0.15) is 0 Å². The van der Waals surface area contributed by atoms with Crippen molar-refractivity contribution in [3.63, 3.8) is 0 Å². The Labute approximate surface area is 75.6 Å². The highest BCUT2D eigenvalue weighted by Gasteiger charge is 2.25. The summed E-state index contributed by atoms with van der Waals surface area (Å²) < 4.78 is 14.4. The first kappa shape index (κ1) is 11.9. The number of rotatable bonds is 3. The number of aliphatic hydroxyl groups excluding tert-OH is 2. The smallest absolute Gasteiger partial charge is 0.144 e. The van der Waals surface area contributed by atoms with Crippen molar-refractivity contribution in [2.24, 2.45) is 4.40 Å². The number of hydrogen-bond donors (Lipinski definition) is 2. The lowest BCUT2D eigenvalue weighted by Gasteiger charge is -2.17. The Hall–Kier alpha value is -0.100. The molecule has 12 heavy (non-hydrogen) atoms. The molecule has 0 rings (SSSR count). The SMILES string of the molecule is CC(C)(C)[S+]([O-])N=C[C@H](O)CO. The summed E-state index contributed by atoms with van der Waals surface area (Å²) >= 11 is -1.36. The third-order valence-corrected chi connectivity index (χ3v) is 2.40. The topological polar surface area (TPSA) is 75.9 Å². The van der Waals surface area contributed by atoms with Gasteiger partial charge in [-0.15, -0.1) is 0 Å². The molecule has 0 amide bonds. The Morgan fingerprint density at radius 1 is 1.58 bits per heavy atom. The predicted molar refractivity (Wildman–Crippen MR) is 49.5 cm³/mol. The highest BCUT2D eigenvalue weighted by molar-refractivity contribution is 7.91. The lowest BCUT2D eigenvalue weighted by atomic mass is 10.3. The van der Waals surface area contributed by atoms with Gasteiger partial charge in [-0.25, -0.2) is 0 Å². The van der Waals surface area contributed by atoms with E-state index in [0.717, 1.165) is 6.21 Å². The van der Waals surface area contributed by atoms with Crippen LogP contribution < -0.4 is 0 Å². The van der Waals surface area contributed by atoms with E-state index < -0.39 is 28.8 Å². The van der Waals surface area contributed by atoms with Crippen molar-refractivity contribution in [1.29, 1.82) is 0 Å². The molecule has 0 aliphatic heterocycles. The highest BCUT2D eigenvalue weighted by atomic mass is 32.2. The molecule has 5 heteroatoms. The van der Waals surface area contributed by atoms with Crippen LogP contribution in [0.25, 0.3) is 0 Å². The fourth-order valence-corrected chi connectivity index (χ4v) is 0.898. The zero-order valence-electron chi connectivity index (χ0n) is 7.52. The lowest BCUT2D eigenvalue weighted by Crippen LogP contribution is -2.27. The van der Waals surface area contributed by atoms with Gasteiger partial charge in [0.25, 0.3) is 0 Å². The molecular weight excluding hydrogens is 178 g/mol. The van der Waals surface area contributed by atoms with Crippen LogP contribution in [0.4, 0.5) is 0 Å². The first-order valence-corrected chi connectivity index (χ1v) is 4.73. The van der Waals surface area contributed by atoms with E-state index in [1.165, 1.54) is 0 Å². The molecule has 0 aliphatic carbocycles. The van der Waals surface area contributed by atoms with E-state index in [2.05, 4.69) is 4.40 Å². The molecule has 0 heterocycles. The van der Waals surface area contributed by atoms with E-state index in [1.807, 2.05) is 0 Å². The molecule has 0 saturated heterocycles. The Kier molecular flexibility index (Phi) is 4.77. The van der Waals surface area contributed by atoms with Crippen molar-refractivity contribution in [2.45, 2.75) is 31.6 Å². The molecular formula is C7H15NO3S. The average Bonchev–Trinajstić information content (AvgIpc) is 1.97. The van der Waals surface area contributed by atoms with Gasteiger partial charge in [-0.05, 0) is 20.8 Å². The minimum absolute atomic E-state index is 0.398. The first-order valence-electron chi connectivity index (χ1n) is 3.63. The van der Waals surface area contributed by atoms with Crippen LogP contribution in [-0.2, 0) is 11.4 Å². The van der Waals surface area contributed by atoms with Crippen molar-refractivity contribution >= 4 is 17.6 Å². The second kappa shape index (κ2) is 4.81. The molecule has 0 aromatic rings. The number of nitrogens with zero attached hydrogens (tertiary/aromatic N) is 1. The minimum atomic E-state index is -1.36.